The quantitative estimate of drug-likeness (QED) is 0.492. The molecule has 0 saturated carbocycles. The maximum absolute atomic E-state index is 11.5. The number of fused-ring (bicyclic) bond motifs is 2. The van der Waals surface area contributed by atoms with Crippen molar-refractivity contribution in [2.45, 2.75) is 19.0 Å². The molecule has 1 saturated heterocycles. The Morgan fingerprint density at radius 3 is 2.71 bits per heavy atom. The van der Waals surface area contributed by atoms with E-state index in [9.17, 15) is 19.2 Å². The molecule has 4 heterocycles. The number of hydrogen-bond acceptors (Lipinski definition) is 7. The third-order valence-corrected chi connectivity index (χ3v) is 5.45. The molecular weight excluding hydrogens is 442 g/mol. The van der Waals surface area contributed by atoms with Crippen LogP contribution in [-0.2, 0) is 17.8 Å². The van der Waals surface area contributed by atoms with Crippen LogP contribution >= 0.6 is 0 Å². The molecule has 1 fully saturated rings. The molecule has 0 radical (unpaired) electrons. The van der Waals surface area contributed by atoms with E-state index in [0.717, 1.165) is 16.9 Å². The number of hydrogen-bond donors (Lipinski definition) is 3. The van der Waals surface area contributed by atoms with E-state index in [2.05, 4.69) is 20.9 Å². The third-order valence-electron chi connectivity index (χ3n) is 5.45. The average molecular weight is 465 g/mol. The molecule has 0 aliphatic carbocycles. The summed E-state index contributed by atoms with van der Waals surface area (Å²) in [6.45, 7) is 0.707. The number of aromatic nitrogens is 1. The number of benzene rings is 1. The van der Waals surface area contributed by atoms with Gasteiger partial charge in [-0.3, -0.25) is 19.7 Å². The second-order valence-electron chi connectivity index (χ2n) is 7.78. The predicted molar refractivity (Wildman–Crippen MR) is 120 cm³/mol. The van der Waals surface area contributed by atoms with Gasteiger partial charge in [0.15, 0.2) is 5.58 Å². The van der Waals surface area contributed by atoms with E-state index in [1.807, 2.05) is 12.1 Å². The lowest BCUT2D eigenvalue weighted by atomic mass is 10.1. The van der Waals surface area contributed by atoms with E-state index >= 15 is 0 Å². The Labute approximate surface area is 194 Å². The van der Waals surface area contributed by atoms with Crippen molar-refractivity contribution in [3.63, 3.8) is 0 Å². The van der Waals surface area contributed by atoms with E-state index in [1.165, 1.54) is 7.05 Å². The number of nitrogens with zero attached hydrogens (tertiary/aromatic N) is 2. The summed E-state index contributed by atoms with van der Waals surface area (Å²) in [7, 11) is 4.93. The highest BCUT2D eigenvalue weighted by Gasteiger charge is 2.30. The van der Waals surface area contributed by atoms with E-state index in [-0.39, 0.29) is 29.8 Å². The van der Waals surface area contributed by atoms with Crippen molar-refractivity contribution in [1.82, 2.24) is 25.8 Å². The third kappa shape index (κ3) is 4.53. The molecule has 2 aliphatic heterocycles. The first-order valence-electron chi connectivity index (χ1n) is 10.4. The van der Waals surface area contributed by atoms with E-state index in [1.54, 1.807) is 43.3 Å². The van der Waals surface area contributed by atoms with Crippen molar-refractivity contribution in [1.29, 1.82) is 0 Å². The lowest BCUT2D eigenvalue weighted by Crippen LogP contribution is -2.30. The number of imide groups is 1. The fraction of sp³-hybridized carbons (Fsp3) is 0.261. The first kappa shape index (κ1) is 22.8. The van der Waals surface area contributed by atoms with E-state index in [0.29, 0.717) is 23.4 Å². The van der Waals surface area contributed by atoms with Gasteiger partial charge in [0, 0.05) is 38.7 Å². The van der Waals surface area contributed by atoms with E-state index < -0.39 is 12.1 Å². The van der Waals surface area contributed by atoms with Crippen LogP contribution < -0.4 is 20.7 Å². The minimum atomic E-state index is -0.656. The number of carbonyl (C=O) groups is 4. The fourth-order valence-corrected chi connectivity index (χ4v) is 3.69. The summed E-state index contributed by atoms with van der Waals surface area (Å²) in [5.74, 6) is 0.645. The summed E-state index contributed by atoms with van der Waals surface area (Å²) in [5.41, 5.74) is 3.16. The van der Waals surface area contributed by atoms with Crippen LogP contribution in [0.4, 0.5) is 4.79 Å². The molecule has 1 aromatic carbocycles. The van der Waals surface area contributed by atoms with Crippen molar-refractivity contribution >= 4 is 34.9 Å². The molecular formula is C23H23N5O6. The van der Waals surface area contributed by atoms with Crippen LogP contribution in [0.3, 0.4) is 0 Å². The van der Waals surface area contributed by atoms with Crippen LogP contribution in [0.1, 0.15) is 32.2 Å². The molecule has 5 rings (SSSR count). The molecule has 2 aromatic heterocycles. The highest BCUT2D eigenvalue weighted by molar-refractivity contribution is 6.04. The molecule has 34 heavy (non-hydrogen) atoms. The number of urea groups is 1. The van der Waals surface area contributed by atoms with Gasteiger partial charge in [0.25, 0.3) is 17.7 Å². The molecule has 11 heteroatoms. The van der Waals surface area contributed by atoms with Crippen LogP contribution in [0.25, 0.3) is 11.1 Å². The van der Waals surface area contributed by atoms with E-state index in [4.69, 9.17) is 9.15 Å². The largest absolute Gasteiger partial charge is 0.497 e. The molecule has 11 nitrogen and oxygen atoms in total. The topological polar surface area (TPSA) is 143 Å². The fourth-order valence-electron chi connectivity index (χ4n) is 3.69. The summed E-state index contributed by atoms with van der Waals surface area (Å²) >= 11 is 0. The number of carbonyl (C=O) groups excluding carboxylic acids is 4. The zero-order valence-electron chi connectivity index (χ0n) is 18.8. The molecule has 176 valence electrons. The number of pyridine rings is 1. The second-order valence-corrected chi connectivity index (χ2v) is 7.78. The normalized spacial score (nSPS) is 16.5. The minimum absolute atomic E-state index is 0.0777. The van der Waals surface area contributed by atoms with Gasteiger partial charge in [-0.1, -0.05) is 6.07 Å². The smallest absolute Gasteiger partial charge is 0.322 e. The number of furan rings is 1. The van der Waals surface area contributed by atoms with Gasteiger partial charge in [0.1, 0.15) is 28.8 Å². The number of nitrogens with one attached hydrogen (secondary N) is 3. The maximum Gasteiger partial charge on any atom is 0.322 e. The van der Waals surface area contributed by atoms with Crippen LogP contribution in [0.2, 0.25) is 0 Å². The SMILES string of the molecule is CNC(=O)c1ccc2oc(CC3NC(=O)NC3=O)cc2n1.COc1ccc2c(c1)C(=O)N(C)C2. The number of rotatable bonds is 4. The monoisotopic (exact) mass is 465 g/mol. The van der Waals surface area contributed by atoms with Crippen LogP contribution in [-0.4, -0.2) is 60.9 Å². The summed E-state index contributed by atoms with van der Waals surface area (Å²) in [6, 6.07) is 9.29. The summed E-state index contributed by atoms with van der Waals surface area (Å²) in [4.78, 5) is 51.5. The van der Waals surface area contributed by atoms with Crippen molar-refractivity contribution in [3.8, 4) is 5.75 Å². The number of ether oxygens (including phenoxy) is 1. The van der Waals surface area contributed by atoms with Gasteiger partial charge in [-0.25, -0.2) is 9.78 Å². The molecule has 1 atom stereocenters. The standard InChI is InChI=1S/C13H12N4O4.C10H11NO2/c1-14-11(18)7-2-3-10-8(15-7)4-6(21-10)5-9-12(19)17-13(20)16-9;1-11-6-7-3-4-8(13-2)5-9(7)10(11)12/h2-4,9H,5H2,1H3,(H,14,18)(H2,16,17,19,20);3-5H,6H2,1-2H3. The van der Waals surface area contributed by atoms with Crippen molar-refractivity contribution in [2.24, 2.45) is 0 Å². The average Bonchev–Trinajstić information content (AvgIpc) is 3.47. The van der Waals surface area contributed by atoms with Gasteiger partial charge in [-0.05, 0) is 29.8 Å². The summed E-state index contributed by atoms with van der Waals surface area (Å²) < 4.78 is 10.6. The Kier molecular flexibility index (Phi) is 6.17. The van der Waals surface area contributed by atoms with Gasteiger partial charge >= 0.3 is 6.03 Å². The zero-order chi connectivity index (χ0) is 24.4. The van der Waals surface area contributed by atoms with Gasteiger partial charge in [-0.2, -0.15) is 0 Å². The molecule has 0 spiro atoms. The Balaban J connectivity index is 0.000000180. The second kappa shape index (κ2) is 9.22. The highest BCUT2D eigenvalue weighted by Crippen LogP contribution is 2.25. The first-order chi connectivity index (χ1) is 16.3. The molecule has 5 amide bonds. The molecule has 0 bridgehead atoms. The van der Waals surface area contributed by atoms with Gasteiger partial charge in [0.2, 0.25) is 0 Å². The zero-order valence-corrected chi connectivity index (χ0v) is 18.8. The van der Waals surface area contributed by atoms with Crippen LogP contribution in [0.5, 0.6) is 5.75 Å². The molecule has 3 N–H and O–H groups in total. The maximum atomic E-state index is 11.5. The lowest BCUT2D eigenvalue weighted by Gasteiger charge is -2.04. The molecule has 3 aromatic rings. The van der Waals surface area contributed by atoms with Gasteiger partial charge in [0.05, 0.1) is 7.11 Å². The summed E-state index contributed by atoms with van der Waals surface area (Å²) in [6.07, 6.45) is 0.225. The van der Waals surface area contributed by atoms with Gasteiger partial charge < -0.3 is 24.7 Å². The predicted octanol–water partition coefficient (Wildman–Crippen LogP) is 1.22. The number of amides is 5. The Hall–Kier alpha value is -4.41. The van der Waals surface area contributed by atoms with Crippen molar-refractivity contribution in [2.75, 3.05) is 21.2 Å². The molecule has 1 unspecified atom stereocenters. The Bertz CT molecular complexity index is 1300. The Morgan fingerprint density at radius 1 is 1.24 bits per heavy atom. The summed E-state index contributed by atoms with van der Waals surface area (Å²) in [5, 5.41) is 7.13. The minimum Gasteiger partial charge on any atom is -0.497 e. The van der Waals surface area contributed by atoms with Gasteiger partial charge in [-0.15, -0.1) is 0 Å². The lowest BCUT2D eigenvalue weighted by molar-refractivity contribution is -0.120. The van der Waals surface area contributed by atoms with Crippen molar-refractivity contribution < 1.29 is 28.3 Å². The van der Waals surface area contributed by atoms with Crippen LogP contribution in [0.15, 0.2) is 40.8 Å². The first-order valence-corrected chi connectivity index (χ1v) is 10.4. The highest BCUT2D eigenvalue weighted by atomic mass is 16.5. The molecule has 2 aliphatic rings. The van der Waals surface area contributed by atoms with Crippen molar-refractivity contribution in [3.05, 3.63) is 59.0 Å². The Morgan fingerprint density at radius 2 is 2.03 bits per heavy atom. The van der Waals surface area contributed by atoms with Crippen LogP contribution in [0, 0.1) is 0 Å². The number of methoxy groups -OCH3 is 1.